The summed E-state index contributed by atoms with van der Waals surface area (Å²) in [6.07, 6.45) is 0. The van der Waals surface area contributed by atoms with Crippen molar-refractivity contribution < 1.29 is 17.3 Å². The maximum atomic E-state index is 12.2. The molecule has 1 aromatic carbocycles. The van der Waals surface area contributed by atoms with Crippen molar-refractivity contribution in [2.45, 2.75) is 18.4 Å². The fourth-order valence-corrected chi connectivity index (χ4v) is 2.93. The van der Waals surface area contributed by atoms with Crippen molar-refractivity contribution >= 4 is 21.1 Å². The van der Waals surface area contributed by atoms with E-state index >= 15 is 0 Å². The molecule has 0 unspecified atom stereocenters. The Morgan fingerprint density at radius 3 is 2.71 bits per heavy atom. The number of hydrogen-bond acceptors (Lipinski definition) is 5. The second-order valence-corrected chi connectivity index (χ2v) is 6.28. The summed E-state index contributed by atoms with van der Waals surface area (Å²) >= 11 is 0. The summed E-state index contributed by atoms with van der Waals surface area (Å²) in [7, 11) is -3.72. The fourth-order valence-electron chi connectivity index (χ4n) is 1.92. The van der Waals surface area contributed by atoms with Crippen LogP contribution in [0.2, 0.25) is 0 Å². The summed E-state index contributed by atoms with van der Waals surface area (Å²) in [5.74, 6) is 0.601. The Kier molecular flexibility index (Phi) is 3.19. The molecule has 0 amide bonds. The predicted molar refractivity (Wildman–Crippen MR) is 74.3 cm³/mol. The number of aryl methyl sites for hydroxylation is 1. The second kappa shape index (κ2) is 4.90. The smallest absolute Gasteiger partial charge is 0.417 e. The van der Waals surface area contributed by atoms with Gasteiger partial charge in [-0.25, -0.2) is 17.9 Å². The van der Waals surface area contributed by atoms with E-state index in [1.54, 1.807) is 19.1 Å². The van der Waals surface area contributed by atoms with E-state index in [1.807, 2.05) is 0 Å². The Bertz CT molecular complexity index is 948. The molecule has 0 saturated carbocycles. The summed E-state index contributed by atoms with van der Waals surface area (Å²) < 4.78 is 36.9. The zero-order valence-electron chi connectivity index (χ0n) is 11.0. The Hall–Kier alpha value is -2.32. The molecule has 2 heterocycles. The van der Waals surface area contributed by atoms with E-state index in [2.05, 4.69) is 9.71 Å². The number of nitrogens with one attached hydrogen (secondary N) is 2. The van der Waals surface area contributed by atoms with Gasteiger partial charge in [-0.1, -0.05) is 0 Å². The van der Waals surface area contributed by atoms with Crippen LogP contribution in [-0.4, -0.2) is 13.4 Å². The van der Waals surface area contributed by atoms with Crippen molar-refractivity contribution in [2.24, 2.45) is 0 Å². The predicted octanol–water partition coefficient (Wildman–Crippen LogP) is 1.50. The van der Waals surface area contributed by atoms with E-state index in [9.17, 15) is 13.2 Å². The molecule has 0 bridgehead atoms. The van der Waals surface area contributed by atoms with Gasteiger partial charge in [-0.2, -0.15) is 0 Å². The minimum atomic E-state index is -3.72. The molecule has 110 valence electrons. The van der Waals surface area contributed by atoms with E-state index in [4.69, 9.17) is 8.83 Å². The highest BCUT2D eigenvalue weighted by atomic mass is 32.2. The highest BCUT2D eigenvalue weighted by Gasteiger charge is 2.16. The molecule has 0 atom stereocenters. The Labute approximate surface area is 119 Å². The minimum Gasteiger partial charge on any atom is -0.465 e. The van der Waals surface area contributed by atoms with Gasteiger partial charge in [0.25, 0.3) is 0 Å². The van der Waals surface area contributed by atoms with Crippen LogP contribution in [0.1, 0.15) is 11.5 Å². The number of aromatic nitrogens is 1. The van der Waals surface area contributed by atoms with Gasteiger partial charge in [0.05, 0.1) is 17.0 Å². The third-order valence-corrected chi connectivity index (χ3v) is 4.33. The molecule has 2 aromatic heterocycles. The van der Waals surface area contributed by atoms with Crippen LogP contribution in [0.15, 0.2) is 48.9 Å². The number of sulfonamides is 1. The molecule has 8 heteroatoms. The van der Waals surface area contributed by atoms with E-state index in [-0.39, 0.29) is 17.0 Å². The van der Waals surface area contributed by atoms with Crippen molar-refractivity contribution in [1.82, 2.24) is 9.71 Å². The highest BCUT2D eigenvalue weighted by Crippen LogP contribution is 2.17. The van der Waals surface area contributed by atoms with Gasteiger partial charge in [-0.3, -0.25) is 4.98 Å². The van der Waals surface area contributed by atoms with Crippen molar-refractivity contribution in [3.8, 4) is 0 Å². The SMILES string of the molecule is Cc1ccc(CNS(=O)(=O)c2ccc3[nH]c(=O)oc3c2)o1. The number of aromatic amines is 1. The van der Waals surface area contributed by atoms with Crippen molar-refractivity contribution in [3.05, 3.63) is 52.4 Å². The quantitative estimate of drug-likeness (QED) is 0.760. The Balaban J connectivity index is 1.86. The average molecular weight is 308 g/mol. The standard InChI is InChI=1S/C13H12N2O5S/c1-8-2-3-9(19-8)7-14-21(17,18)10-4-5-11-12(6-10)20-13(16)15-11/h2-6,14H,7H2,1H3,(H,15,16). The normalized spacial score (nSPS) is 12.0. The number of H-pyrrole nitrogens is 1. The number of fused-ring (bicyclic) bond motifs is 1. The van der Waals surface area contributed by atoms with Gasteiger partial charge in [0, 0.05) is 6.07 Å². The molecule has 3 aromatic rings. The van der Waals surface area contributed by atoms with E-state index in [0.717, 1.165) is 0 Å². The van der Waals surface area contributed by atoms with Crippen molar-refractivity contribution in [1.29, 1.82) is 0 Å². The third-order valence-electron chi connectivity index (χ3n) is 2.94. The molecule has 0 aliphatic carbocycles. The number of oxazole rings is 1. The molecule has 0 radical (unpaired) electrons. The molecule has 2 N–H and O–H groups in total. The van der Waals surface area contributed by atoms with Crippen LogP contribution in [0.5, 0.6) is 0 Å². The molecule has 0 aliphatic heterocycles. The van der Waals surface area contributed by atoms with Crippen LogP contribution in [0.25, 0.3) is 11.1 Å². The number of hydrogen-bond donors (Lipinski definition) is 2. The van der Waals surface area contributed by atoms with Crippen LogP contribution >= 0.6 is 0 Å². The van der Waals surface area contributed by atoms with Crippen LogP contribution < -0.4 is 10.5 Å². The van der Waals surface area contributed by atoms with Crippen molar-refractivity contribution in [2.75, 3.05) is 0 Å². The van der Waals surface area contributed by atoms with Crippen LogP contribution in [0.4, 0.5) is 0 Å². The molecule has 0 aliphatic rings. The first kappa shape index (κ1) is 13.7. The van der Waals surface area contributed by atoms with Gasteiger partial charge in [-0.15, -0.1) is 0 Å². The van der Waals surface area contributed by atoms with Crippen LogP contribution in [-0.2, 0) is 16.6 Å². The zero-order chi connectivity index (χ0) is 15.0. The molecule has 0 spiro atoms. The van der Waals surface area contributed by atoms with E-state index in [1.165, 1.54) is 18.2 Å². The summed E-state index contributed by atoms with van der Waals surface area (Å²) in [5.41, 5.74) is 0.636. The van der Waals surface area contributed by atoms with Gasteiger partial charge >= 0.3 is 5.76 Å². The molecule has 7 nitrogen and oxygen atoms in total. The molecule has 3 rings (SSSR count). The lowest BCUT2D eigenvalue weighted by atomic mass is 10.3. The number of furan rings is 1. The molecule has 0 saturated heterocycles. The lowest BCUT2D eigenvalue weighted by Crippen LogP contribution is -2.22. The average Bonchev–Trinajstić information content (AvgIpc) is 3.00. The molecule has 21 heavy (non-hydrogen) atoms. The first-order chi connectivity index (χ1) is 9.94. The highest BCUT2D eigenvalue weighted by molar-refractivity contribution is 7.89. The van der Waals surface area contributed by atoms with Gasteiger partial charge in [-0.05, 0) is 31.2 Å². The number of rotatable bonds is 4. The fraction of sp³-hybridized carbons (Fsp3) is 0.154. The number of benzene rings is 1. The maximum absolute atomic E-state index is 12.2. The largest absolute Gasteiger partial charge is 0.465 e. The first-order valence-electron chi connectivity index (χ1n) is 6.12. The lowest BCUT2D eigenvalue weighted by Gasteiger charge is -2.05. The van der Waals surface area contributed by atoms with Crippen LogP contribution in [0, 0.1) is 6.92 Å². The third kappa shape index (κ3) is 2.76. The van der Waals surface area contributed by atoms with Gasteiger partial charge in [0.1, 0.15) is 11.5 Å². The first-order valence-corrected chi connectivity index (χ1v) is 7.60. The Morgan fingerprint density at radius 1 is 1.19 bits per heavy atom. The van der Waals surface area contributed by atoms with Crippen LogP contribution in [0.3, 0.4) is 0 Å². The van der Waals surface area contributed by atoms with Gasteiger partial charge in [0.15, 0.2) is 5.58 Å². The second-order valence-electron chi connectivity index (χ2n) is 4.51. The van der Waals surface area contributed by atoms with E-state index < -0.39 is 15.8 Å². The molecular formula is C13H12N2O5S. The summed E-state index contributed by atoms with van der Waals surface area (Å²) in [4.78, 5) is 13.5. The maximum Gasteiger partial charge on any atom is 0.417 e. The minimum absolute atomic E-state index is 0.0148. The monoisotopic (exact) mass is 308 g/mol. The molecule has 0 fully saturated rings. The van der Waals surface area contributed by atoms with Gasteiger partial charge < -0.3 is 8.83 Å². The van der Waals surface area contributed by atoms with Crippen molar-refractivity contribution in [3.63, 3.8) is 0 Å². The summed E-state index contributed by atoms with van der Waals surface area (Å²) in [6, 6.07) is 7.62. The summed E-state index contributed by atoms with van der Waals surface area (Å²) in [6.45, 7) is 1.82. The zero-order valence-corrected chi connectivity index (χ0v) is 11.9. The Morgan fingerprint density at radius 2 is 2.00 bits per heavy atom. The summed E-state index contributed by atoms with van der Waals surface area (Å²) in [5, 5.41) is 0. The topological polar surface area (TPSA) is 105 Å². The van der Waals surface area contributed by atoms with Gasteiger partial charge in [0.2, 0.25) is 10.0 Å². The molecular weight excluding hydrogens is 296 g/mol. The lowest BCUT2D eigenvalue weighted by molar-refractivity contribution is 0.475. The van der Waals surface area contributed by atoms with E-state index in [0.29, 0.717) is 17.0 Å².